The molecule has 1 amide bonds. The van der Waals surface area contributed by atoms with E-state index in [1.807, 2.05) is 18.2 Å². The van der Waals surface area contributed by atoms with Crippen LogP contribution in [-0.4, -0.2) is 51.9 Å². The highest BCUT2D eigenvalue weighted by Gasteiger charge is 2.25. The number of amides is 1. The van der Waals surface area contributed by atoms with Gasteiger partial charge in [-0.15, -0.1) is 0 Å². The fourth-order valence-corrected chi connectivity index (χ4v) is 4.23. The SMILES string of the molecule is O=C(c1cccc(Cl)c1F)N1CCN(Cc2cccc(Nc3ncc(Cl)s3)n2)CC1. The Labute approximate surface area is 187 Å². The van der Waals surface area contributed by atoms with Crippen LogP contribution in [-0.2, 0) is 6.54 Å². The number of aromatic nitrogens is 2. The molecule has 3 aromatic rings. The summed E-state index contributed by atoms with van der Waals surface area (Å²) < 4.78 is 14.8. The molecule has 0 radical (unpaired) electrons. The Kier molecular flexibility index (Phi) is 6.48. The lowest BCUT2D eigenvalue weighted by Crippen LogP contribution is -2.48. The molecule has 1 aliphatic heterocycles. The largest absolute Gasteiger partial charge is 0.336 e. The van der Waals surface area contributed by atoms with Crippen LogP contribution in [0.15, 0.2) is 42.6 Å². The number of hydrogen-bond acceptors (Lipinski definition) is 6. The molecule has 0 bridgehead atoms. The van der Waals surface area contributed by atoms with E-state index in [4.69, 9.17) is 23.2 Å². The third kappa shape index (κ3) is 4.89. The number of nitrogens with zero attached hydrogens (tertiary/aromatic N) is 4. The molecule has 0 spiro atoms. The molecule has 156 valence electrons. The van der Waals surface area contributed by atoms with Crippen molar-refractivity contribution in [1.82, 2.24) is 19.8 Å². The number of pyridine rings is 1. The molecule has 1 fully saturated rings. The summed E-state index contributed by atoms with van der Waals surface area (Å²) in [6.07, 6.45) is 1.59. The Bertz CT molecular complexity index is 1060. The maximum atomic E-state index is 14.2. The molecular weight excluding hydrogens is 448 g/mol. The van der Waals surface area contributed by atoms with E-state index in [1.54, 1.807) is 17.2 Å². The average Bonchev–Trinajstić information content (AvgIpc) is 3.15. The minimum atomic E-state index is -0.665. The van der Waals surface area contributed by atoms with Gasteiger partial charge in [0, 0.05) is 32.7 Å². The number of hydrogen-bond donors (Lipinski definition) is 1. The molecule has 0 saturated carbocycles. The molecular formula is C20H18Cl2FN5OS. The average molecular weight is 466 g/mol. The van der Waals surface area contributed by atoms with Gasteiger partial charge >= 0.3 is 0 Å². The van der Waals surface area contributed by atoms with Crippen LogP contribution in [0.1, 0.15) is 16.1 Å². The lowest BCUT2D eigenvalue weighted by molar-refractivity contribution is 0.0622. The first kappa shape index (κ1) is 21.0. The summed E-state index contributed by atoms with van der Waals surface area (Å²) in [6.45, 7) is 3.03. The van der Waals surface area contributed by atoms with Gasteiger partial charge in [0.2, 0.25) is 0 Å². The first-order valence-corrected chi connectivity index (χ1v) is 10.9. The number of carbonyl (C=O) groups excluding carboxylic acids is 1. The normalized spacial score (nSPS) is 14.7. The molecule has 1 aliphatic rings. The van der Waals surface area contributed by atoms with Gasteiger partial charge in [-0.2, -0.15) is 0 Å². The smallest absolute Gasteiger partial charge is 0.256 e. The number of nitrogens with one attached hydrogen (secondary N) is 1. The van der Waals surface area contributed by atoms with Crippen LogP contribution in [0.3, 0.4) is 0 Å². The van der Waals surface area contributed by atoms with E-state index >= 15 is 0 Å². The van der Waals surface area contributed by atoms with Crippen LogP contribution in [0.5, 0.6) is 0 Å². The summed E-state index contributed by atoms with van der Waals surface area (Å²) >= 11 is 13.1. The minimum absolute atomic E-state index is 0.0127. The number of rotatable bonds is 5. The maximum absolute atomic E-state index is 14.2. The standard InChI is InChI=1S/C20H18Cl2FN5OS/c21-15-5-2-4-14(18(15)23)19(29)28-9-7-27(8-10-28)12-13-3-1-6-17(25-13)26-20-24-11-16(22)30-20/h1-6,11H,7-10,12H2,(H,24,25,26). The first-order valence-electron chi connectivity index (χ1n) is 9.29. The summed E-state index contributed by atoms with van der Waals surface area (Å²) in [6, 6.07) is 10.2. The van der Waals surface area contributed by atoms with Gasteiger partial charge in [0.1, 0.15) is 10.2 Å². The van der Waals surface area contributed by atoms with Crippen molar-refractivity contribution in [2.45, 2.75) is 6.54 Å². The van der Waals surface area contributed by atoms with Crippen LogP contribution in [0.2, 0.25) is 9.36 Å². The van der Waals surface area contributed by atoms with Crippen molar-refractivity contribution >= 4 is 51.4 Å². The number of anilines is 2. The fraction of sp³-hybridized carbons (Fsp3) is 0.250. The van der Waals surface area contributed by atoms with E-state index in [-0.39, 0.29) is 16.5 Å². The zero-order chi connectivity index (χ0) is 21.1. The molecule has 1 aromatic carbocycles. The van der Waals surface area contributed by atoms with Crippen molar-refractivity contribution in [2.24, 2.45) is 0 Å². The molecule has 3 heterocycles. The van der Waals surface area contributed by atoms with E-state index in [9.17, 15) is 9.18 Å². The van der Waals surface area contributed by atoms with Crippen molar-refractivity contribution in [3.05, 3.63) is 69.0 Å². The van der Waals surface area contributed by atoms with Gasteiger partial charge < -0.3 is 10.2 Å². The van der Waals surface area contributed by atoms with E-state index < -0.39 is 5.82 Å². The molecule has 30 heavy (non-hydrogen) atoms. The summed E-state index contributed by atoms with van der Waals surface area (Å²) in [5.74, 6) is -0.300. The van der Waals surface area contributed by atoms with Crippen molar-refractivity contribution in [2.75, 3.05) is 31.5 Å². The van der Waals surface area contributed by atoms with E-state index in [2.05, 4.69) is 20.2 Å². The zero-order valence-electron chi connectivity index (χ0n) is 15.8. The highest BCUT2D eigenvalue weighted by Crippen LogP contribution is 2.25. The van der Waals surface area contributed by atoms with E-state index in [0.29, 0.717) is 48.0 Å². The topological polar surface area (TPSA) is 61.4 Å². The minimum Gasteiger partial charge on any atom is -0.336 e. The molecule has 6 nitrogen and oxygen atoms in total. The lowest BCUT2D eigenvalue weighted by Gasteiger charge is -2.34. The van der Waals surface area contributed by atoms with Gasteiger partial charge in [0.15, 0.2) is 10.9 Å². The Morgan fingerprint density at radius 1 is 1.13 bits per heavy atom. The van der Waals surface area contributed by atoms with E-state index in [1.165, 1.54) is 23.5 Å². The third-order valence-electron chi connectivity index (χ3n) is 4.75. The lowest BCUT2D eigenvalue weighted by atomic mass is 10.1. The number of thiazole rings is 1. The molecule has 0 unspecified atom stereocenters. The van der Waals surface area contributed by atoms with Gasteiger partial charge in [-0.1, -0.05) is 46.7 Å². The Morgan fingerprint density at radius 2 is 1.90 bits per heavy atom. The van der Waals surface area contributed by atoms with Crippen molar-refractivity contribution in [3.8, 4) is 0 Å². The third-order valence-corrected chi connectivity index (χ3v) is 6.07. The molecule has 1 N–H and O–H groups in total. The van der Waals surface area contributed by atoms with E-state index in [0.717, 1.165) is 5.69 Å². The van der Waals surface area contributed by atoms with Gasteiger partial charge in [-0.3, -0.25) is 9.69 Å². The Hall–Kier alpha value is -2.26. The number of halogens is 3. The molecule has 0 aliphatic carbocycles. The number of piperazine rings is 1. The quantitative estimate of drug-likeness (QED) is 0.592. The Morgan fingerprint density at radius 3 is 2.63 bits per heavy atom. The first-order chi connectivity index (χ1) is 14.5. The van der Waals surface area contributed by atoms with Gasteiger partial charge in [-0.05, 0) is 24.3 Å². The number of benzene rings is 1. The second-order valence-corrected chi connectivity index (χ2v) is 8.85. The summed E-state index contributed by atoms with van der Waals surface area (Å²) in [5, 5.41) is 3.79. The van der Waals surface area contributed by atoms with Crippen LogP contribution in [0.4, 0.5) is 15.3 Å². The predicted molar refractivity (Wildman–Crippen MR) is 117 cm³/mol. The Balaban J connectivity index is 1.34. The van der Waals surface area contributed by atoms with Crippen LogP contribution in [0, 0.1) is 5.82 Å². The molecule has 1 saturated heterocycles. The van der Waals surface area contributed by atoms with Crippen LogP contribution < -0.4 is 5.32 Å². The summed E-state index contributed by atoms with van der Waals surface area (Å²) in [5.41, 5.74) is 0.919. The monoisotopic (exact) mass is 465 g/mol. The second kappa shape index (κ2) is 9.26. The molecule has 4 rings (SSSR count). The van der Waals surface area contributed by atoms with Crippen LogP contribution >= 0.6 is 34.5 Å². The second-order valence-electron chi connectivity index (χ2n) is 6.78. The molecule has 2 aromatic heterocycles. The highest BCUT2D eigenvalue weighted by molar-refractivity contribution is 7.19. The van der Waals surface area contributed by atoms with Crippen molar-refractivity contribution < 1.29 is 9.18 Å². The summed E-state index contributed by atoms with van der Waals surface area (Å²) in [4.78, 5) is 25.3. The number of carbonyl (C=O) groups is 1. The maximum Gasteiger partial charge on any atom is 0.256 e. The summed E-state index contributed by atoms with van der Waals surface area (Å²) in [7, 11) is 0. The van der Waals surface area contributed by atoms with Crippen molar-refractivity contribution in [1.29, 1.82) is 0 Å². The molecule has 0 atom stereocenters. The van der Waals surface area contributed by atoms with Gasteiger partial charge in [0.25, 0.3) is 5.91 Å². The zero-order valence-corrected chi connectivity index (χ0v) is 18.1. The predicted octanol–water partition coefficient (Wildman–Crippen LogP) is 4.69. The van der Waals surface area contributed by atoms with Crippen LogP contribution in [0.25, 0.3) is 0 Å². The highest BCUT2D eigenvalue weighted by atomic mass is 35.5. The molecule has 10 heteroatoms. The van der Waals surface area contributed by atoms with Crippen molar-refractivity contribution in [3.63, 3.8) is 0 Å². The fourth-order valence-electron chi connectivity index (χ4n) is 3.24. The van der Waals surface area contributed by atoms with Gasteiger partial charge in [-0.25, -0.2) is 14.4 Å². The van der Waals surface area contributed by atoms with Gasteiger partial charge in [0.05, 0.1) is 22.5 Å².